The van der Waals surface area contributed by atoms with Gasteiger partial charge in [-0.1, -0.05) is 0 Å². The van der Waals surface area contributed by atoms with Gasteiger partial charge in [-0.3, -0.25) is 15.1 Å². The van der Waals surface area contributed by atoms with Gasteiger partial charge in [-0.2, -0.15) is 0 Å². The SMILES string of the molecule is CCOC(=O)Nc1cc(OC(=O)c2cccnc2)ccc1-c1cc(=O)c2ccc(O)c(O)c2n1C(=O)O. The Hall–Kier alpha value is -5.39. The number of phenols is 2. The normalized spacial score (nSPS) is 10.6. The fourth-order valence-corrected chi connectivity index (χ4v) is 3.62. The number of aromatic hydroxyl groups is 2. The van der Waals surface area contributed by atoms with Crippen LogP contribution in [-0.4, -0.2) is 49.6 Å². The number of rotatable bonds is 5. The smallest absolute Gasteiger partial charge is 0.416 e. The van der Waals surface area contributed by atoms with Crippen molar-refractivity contribution >= 4 is 34.7 Å². The van der Waals surface area contributed by atoms with Gasteiger partial charge in [0.2, 0.25) is 0 Å². The van der Waals surface area contributed by atoms with Crippen LogP contribution in [-0.2, 0) is 4.74 Å². The molecule has 2 heterocycles. The van der Waals surface area contributed by atoms with Gasteiger partial charge in [0.1, 0.15) is 11.3 Å². The predicted molar refractivity (Wildman–Crippen MR) is 130 cm³/mol. The van der Waals surface area contributed by atoms with E-state index in [0.717, 1.165) is 12.1 Å². The number of pyridine rings is 2. The quantitative estimate of drug-likeness (QED) is 0.177. The van der Waals surface area contributed by atoms with Crippen molar-refractivity contribution in [2.45, 2.75) is 6.92 Å². The molecule has 4 rings (SSSR count). The molecule has 0 aliphatic rings. The maximum atomic E-state index is 12.8. The molecule has 2 aromatic carbocycles. The molecule has 0 atom stereocenters. The number of esters is 1. The Kier molecular flexibility index (Phi) is 6.73. The Bertz CT molecular complexity index is 1600. The average Bonchev–Trinajstić information content (AvgIpc) is 2.87. The number of nitrogens with zero attached hydrogens (tertiary/aromatic N) is 2. The minimum Gasteiger partial charge on any atom is -0.504 e. The van der Waals surface area contributed by atoms with E-state index in [1.165, 1.54) is 42.7 Å². The molecule has 12 nitrogen and oxygen atoms in total. The number of phenolic OH excluding ortho intramolecular Hbond substituents is 2. The van der Waals surface area contributed by atoms with Crippen LogP contribution in [0.1, 0.15) is 17.3 Å². The molecule has 0 spiro atoms. The highest BCUT2D eigenvalue weighted by molar-refractivity contribution is 5.99. The average molecular weight is 505 g/mol. The first-order valence-corrected chi connectivity index (χ1v) is 10.8. The number of ether oxygens (including phenoxy) is 2. The maximum Gasteiger partial charge on any atom is 0.416 e. The summed E-state index contributed by atoms with van der Waals surface area (Å²) in [5, 5.41) is 32.6. The number of carbonyl (C=O) groups excluding carboxylic acids is 2. The highest BCUT2D eigenvalue weighted by atomic mass is 16.5. The third kappa shape index (κ3) is 4.89. The molecule has 0 aliphatic carbocycles. The molecule has 4 N–H and O–H groups in total. The first-order chi connectivity index (χ1) is 17.7. The molecule has 1 amide bonds. The van der Waals surface area contributed by atoms with Crippen molar-refractivity contribution in [3.63, 3.8) is 0 Å². The van der Waals surface area contributed by atoms with Crippen LogP contribution in [0.25, 0.3) is 22.2 Å². The molecule has 0 bridgehead atoms. The number of carboxylic acid groups (broad SMARTS) is 1. The van der Waals surface area contributed by atoms with Gasteiger partial charge in [-0.05, 0) is 43.3 Å². The lowest BCUT2D eigenvalue weighted by molar-refractivity contribution is 0.0734. The Morgan fingerprint density at radius 3 is 2.54 bits per heavy atom. The molecule has 37 heavy (non-hydrogen) atoms. The van der Waals surface area contributed by atoms with Crippen molar-refractivity contribution in [2.75, 3.05) is 11.9 Å². The Morgan fingerprint density at radius 1 is 1.08 bits per heavy atom. The van der Waals surface area contributed by atoms with Crippen LogP contribution in [0.5, 0.6) is 17.2 Å². The van der Waals surface area contributed by atoms with E-state index in [0.29, 0.717) is 4.57 Å². The van der Waals surface area contributed by atoms with Crippen molar-refractivity contribution in [3.8, 4) is 28.5 Å². The molecule has 0 unspecified atom stereocenters. The number of benzene rings is 2. The first-order valence-electron chi connectivity index (χ1n) is 10.8. The number of hydrogen-bond acceptors (Lipinski definition) is 9. The summed E-state index contributed by atoms with van der Waals surface area (Å²) in [5.74, 6) is -2.21. The van der Waals surface area contributed by atoms with E-state index >= 15 is 0 Å². The van der Waals surface area contributed by atoms with Crippen LogP contribution < -0.4 is 15.5 Å². The largest absolute Gasteiger partial charge is 0.504 e. The summed E-state index contributed by atoms with van der Waals surface area (Å²) in [4.78, 5) is 53.7. The molecule has 0 saturated heterocycles. The Labute approximate surface area is 208 Å². The molecular formula is C25H19N3O9. The van der Waals surface area contributed by atoms with Gasteiger partial charge in [0.15, 0.2) is 16.9 Å². The van der Waals surface area contributed by atoms with Crippen molar-refractivity contribution < 1.29 is 39.2 Å². The zero-order valence-corrected chi connectivity index (χ0v) is 19.2. The number of carbonyl (C=O) groups is 3. The van der Waals surface area contributed by atoms with Crippen LogP contribution in [0.3, 0.4) is 0 Å². The monoisotopic (exact) mass is 505 g/mol. The zero-order chi connectivity index (χ0) is 26.7. The molecule has 188 valence electrons. The number of aromatic nitrogens is 2. The summed E-state index contributed by atoms with van der Waals surface area (Å²) in [6.45, 7) is 1.60. The number of fused-ring (bicyclic) bond motifs is 1. The van der Waals surface area contributed by atoms with Gasteiger partial charge in [0, 0.05) is 30.1 Å². The third-order valence-electron chi connectivity index (χ3n) is 5.21. The van der Waals surface area contributed by atoms with Gasteiger partial charge in [-0.25, -0.2) is 19.0 Å². The predicted octanol–water partition coefficient (Wildman–Crippen LogP) is 3.79. The number of nitrogens with one attached hydrogen (secondary N) is 1. The topological polar surface area (TPSA) is 177 Å². The van der Waals surface area contributed by atoms with Gasteiger partial charge >= 0.3 is 18.2 Å². The lowest BCUT2D eigenvalue weighted by Gasteiger charge is -2.18. The zero-order valence-electron chi connectivity index (χ0n) is 19.2. The van der Waals surface area contributed by atoms with Crippen LogP contribution in [0.4, 0.5) is 15.3 Å². The lowest BCUT2D eigenvalue weighted by atomic mass is 10.0. The molecular weight excluding hydrogens is 486 g/mol. The van der Waals surface area contributed by atoms with Gasteiger partial charge in [-0.15, -0.1) is 0 Å². The molecule has 0 radical (unpaired) electrons. The van der Waals surface area contributed by atoms with Crippen LogP contribution >= 0.6 is 0 Å². The number of anilines is 1. The van der Waals surface area contributed by atoms with Crippen LogP contribution in [0, 0.1) is 0 Å². The van der Waals surface area contributed by atoms with E-state index in [1.54, 1.807) is 13.0 Å². The third-order valence-corrected chi connectivity index (χ3v) is 5.21. The van der Waals surface area contributed by atoms with Crippen LogP contribution in [0.2, 0.25) is 0 Å². The second-order valence-electron chi connectivity index (χ2n) is 7.53. The highest BCUT2D eigenvalue weighted by Gasteiger charge is 2.23. The van der Waals surface area contributed by atoms with Crippen molar-refractivity contribution in [3.05, 3.63) is 76.7 Å². The fourth-order valence-electron chi connectivity index (χ4n) is 3.62. The van der Waals surface area contributed by atoms with Crippen molar-refractivity contribution in [2.24, 2.45) is 0 Å². The number of amides is 1. The number of hydrogen-bond donors (Lipinski definition) is 4. The van der Waals surface area contributed by atoms with E-state index in [2.05, 4.69) is 10.3 Å². The Balaban J connectivity index is 1.91. The Morgan fingerprint density at radius 2 is 1.86 bits per heavy atom. The maximum absolute atomic E-state index is 12.8. The lowest BCUT2D eigenvalue weighted by Crippen LogP contribution is -2.19. The summed E-state index contributed by atoms with van der Waals surface area (Å²) in [6.07, 6.45) is 0.299. The summed E-state index contributed by atoms with van der Waals surface area (Å²) in [5.41, 5.74) is -1.25. The van der Waals surface area contributed by atoms with Gasteiger partial charge in [0.05, 0.1) is 28.9 Å². The highest BCUT2D eigenvalue weighted by Crippen LogP contribution is 2.37. The van der Waals surface area contributed by atoms with E-state index < -0.39 is 40.6 Å². The van der Waals surface area contributed by atoms with E-state index in [9.17, 15) is 34.5 Å². The summed E-state index contributed by atoms with van der Waals surface area (Å²) in [7, 11) is 0. The molecule has 12 heteroatoms. The molecule has 2 aromatic heterocycles. The summed E-state index contributed by atoms with van der Waals surface area (Å²) < 4.78 is 10.9. The summed E-state index contributed by atoms with van der Waals surface area (Å²) >= 11 is 0. The molecule has 0 saturated carbocycles. The van der Waals surface area contributed by atoms with E-state index in [-0.39, 0.29) is 40.3 Å². The van der Waals surface area contributed by atoms with E-state index in [1.807, 2.05) is 0 Å². The first kappa shape index (κ1) is 24.7. The second kappa shape index (κ2) is 10.1. The molecule has 0 fully saturated rings. The summed E-state index contributed by atoms with van der Waals surface area (Å²) in [6, 6.07) is 10.1. The second-order valence-corrected chi connectivity index (χ2v) is 7.53. The van der Waals surface area contributed by atoms with Crippen LogP contribution in [0.15, 0.2) is 65.7 Å². The minimum atomic E-state index is -1.59. The van der Waals surface area contributed by atoms with Crippen molar-refractivity contribution in [1.29, 1.82) is 0 Å². The van der Waals surface area contributed by atoms with E-state index in [4.69, 9.17) is 9.47 Å². The van der Waals surface area contributed by atoms with Gasteiger partial charge < -0.3 is 24.8 Å². The molecule has 0 aliphatic heterocycles. The molecule has 4 aromatic rings. The minimum absolute atomic E-state index is 0.0124. The van der Waals surface area contributed by atoms with Crippen molar-refractivity contribution in [1.82, 2.24) is 9.55 Å². The van der Waals surface area contributed by atoms with Gasteiger partial charge in [0.25, 0.3) is 0 Å². The standard InChI is InChI=1S/C25H19N3O9/c1-2-36-24(33)27-17-10-14(37-23(32)13-4-3-9-26-12-13)5-6-15(17)18-11-20(30)16-7-8-19(29)22(31)21(16)28(18)25(34)35/h3-12,29,31H,2H2,1H3,(H,27,33)(H,34,35). The fraction of sp³-hybridized carbons (Fsp3) is 0.0800.